The summed E-state index contributed by atoms with van der Waals surface area (Å²) in [5.74, 6) is -3.19. The van der Waals surface area contributed by atoms with Crippen LogP contribution in [0, 0.1) is 5.92 Å². The number of anilines is 1. The topological polar surface area (TPSA) is 78.8 Å². The maximum absolute atomic E-state index is 12.9. The largest absolute Gasteiger partial charge is 0.416 e. The zero-order valence-corrected chi connectivity index (χ0v) is 15.1. The number of aliphatic imine (C=N–C) groups is 1. The minimum absolute atomic E-state index is 0.274. The molecule has 1 fully saturated rings. The third kappa shape index (κ3) is 5.13. The molecule has 1 aromatic rings. The fourth-order valence-electron chi connectivity index (χ4n) is 2.33. The lowest BCUT2D eigenvalue weighted by molar-refractivity contribution is -0.868. The van der Waals surface area contributed by atoms with Crippen molar-refractivity contribution in [3.8, 4) is 0 Å². The molecule has 0 bridgehead atoms. The fraction of sp³-hybridized carbons (Fsp3) is 0.412. The summed E-state index contributed by atoms with van der Waals surface area (Å²) in [6.45, 7) is 0.993. The van der Waals surface area contributed by atoms with Crippen molar-refractivity contribution in [1.82, 2.24) is 5.32 Å². The lowest BCUT2D eigenvalue weighted by atomic mass is 10.1. The van der Waals surface area contributed by atoms with Crippen LogP contribution in [0.2, 0.25) is 0 Å². The molecular weight excluding hydrogens is 365 g/mol. The number of hydrogen-bond donors (Lipinski definition) is 1. The molecule has 1 heterocycles. The first kappa shape index (κ1) is 20.6. The molecule has 146 valence electrons. The number of urea groups is 1. The number of quaternary nitrogens is 1. The van der Waals surface area contributed by atoms with Crippen molar-refractivity contribution in [2.45, 2.75) is 6.18 Å². The van der Waals surface area contributed by atoms with Crippen LogP contribution in [0.4, 0.5) is 23.7 Å². The quantitative estimate of drug-likeness (QED) is 0.476. The number of alkyl halides is 3. The molecule has 1 atom stereocenters. The van der Waals surface area contributed by atoms with Crippen LogP contribution in [0.25, 0.3) is 0 Å². The Hall–Kier alpha value is -2.75. The Labute approximate surface area is 154 Å². The van der Waals surface area contributed by atoms with E-state index in [-0.39, 0.29) is 5.69 Å². The number of halogens is 3. The van der Waals surface area contributed by atoms with Crippen LogP contribution in [0.1, 0.15) is 5.56 Å². The summed E-state index contributed by atoms with van der Waals surface area (Å²) in [7, 11) is 5.84. The standard InChI is InChI=1S/C17H19F3N4O3/c1-24(2,3)8-7-21-10-13-14(25)22-16(27)23(15(13)26)12-6-4-5-11(9-12)17(18,19)20/h4-6,9-10,13H,7-8H2,1-3H3/p+1. The summed E-state index contributed by atoms with van der Waals surface area (Å²) >= 11 is 0. The molecule has 1 unspecified atom stereocenters. The summed E-state index contributed by atoms with van der Waals surface area (Å²) in [5.41, 5.74) is -1.28. The van der Waals surface area contributed by atoms with Crippen molar-refractivity contribution >= 4 is 29.7 Å². The van der Waals surface area contributed by atoms with E-state index in [9.17, 15) is 27.6 Å². The molecule has 4 amide bonds. The number of nitrogens with one attached hydrogen (secondary N) is 1. The summed E-state index contributed by atoms with van der Waals surface area (Å²) in [4.78, 5) is 41.1. The Morgan fingerprint density at radius 1 is 1.22 bits per heavy atom. The van der Waals surface area contributed by atoms with Crippen molar-refractivity contribution in [1.29, 1.82) is 0 Å². The van der Waals surface area contributed by atoms with Crippen molar-refractivity contribution in [3.05, 3.63) is 29.8 Å². The Bertz CT molecular complexity index is 784. The molecule has 2 rings (SSSR count). The van der Waals surface area contributed by atoms with Gasteiger partial charge < -0.3 is 4.48 Å². The first-order valence-corrected chi connectivity index (χ1v) is 8.06. The number of nitrogens with zero attached hydrogens (tertiary/aromatic N) is 3. The lowest BCUT2D eigenvalue weighted by Crippen LogP contribution is -2.58. The molecule has 0 aromatic heterocycles. The van der Waals surface area contributed by atoms with Crippen molar-refractivity contribution in [3.63, 3.8) is 0 Å². The van der Waals surface area contributed by atoms with Gasteiger partial charge >= 0.3 is 12.2 Å². The molecule has 1 aliphatic heterocycles. The maximum Gasteiger partial charge on any atom is 0.416 e. The minimum Gasteiger partial charge on any atom is -0.329 e. The molecule has 7 nitrogen and oxygen atoms in total. The third-order valence-electron chi connectivity index (χ3n) is 3.79. The number of imide groups is 2. The van der Waals surface area contributed by atoms with E-state index in [0.717, 1.165) is 18.3 Å². The zero-order chi connectivity index (χ0) is 20.4. The molecule has 1 saturated heterocycles. The van der Waals surface area contributed by atoms with Crippen LogP contribution in [-0.4, -0.2) is 62.8 Å². The van der Waals surface area contributed by atoms with Gasteiger partial charge in [0.05, 0.1) is 45.5 Å². The summed E-state index contributed by atoms with van der Waals surface area (Å²) in [5, 5.41) is 1.97. The Kier molecular flexibility index (Phi) is 5.69. The van der Waals surface area contributed by atoms with Crippen LogP contribution in [0.3, 0.4) is 0 Å². The van der Waals surface area contributed by atoms with Crippen LogP contribution in [-0.2, 0) is 15.8 Å². The van der Waals surface area contributed by atoms with Gasteiger partial charge in [0.25, 0.3) is 5.91 Å². The SMILES string of the molecule is C[N+](C)(C)CCN=CC1C(=O)NC(=O)N(c2cccc(C(F)(F)F)c2)C1=O. The number of benzene rings is 1. The van der Waals surface area contributed by atoms with Gasteiger partial charge in [0.2, 0.25) is 5.91 Å². The van der Waals surface area contributed by atoms with E-state index in [1.54, 1.807) is 0 Å². The molecular formula is C17H20F3N4O3+. The van der Waals surface area contributed by atoms with Gasteiger partial charge in [0.15, 0.2) is 5.92 Å². The number of amides is 4. The van der Waals surface area contributed by atoms with Gasteiger partial charge in [-0.15, -0.1) is 0 Å². The van der Waals surface area contributed by atoms with Gasteiger partial charge in [-0.1, -0.05) is 6.07 Å². The number of likely N-dealkylation sites (N-methyl/N-ethyl adjacent to an activating group) is 1. The average molecular weight is 385 g/mol. The van der Waals surface area contributed by atoms with E-state index in [2.05, 4.69) is 4.99 Å². The predicted octanol–water partition coefficient (Wildman–Crippen LogP) is 1.68. The number of rotatable bonds is 5. The van der Waals surface area contributed by atoms with Crippen molar-refractivity contribution in [2.24, 2.45) is 10.9 Å². The van der Waals surface area contributed by atoms with Gasteiger partial charge in [0, 0.05) is 6.21 Å². The summed E-state index contributed by atoms with van der Waals surface area (Å²) in [6, 6.07) is 2.68. The smallest absolute Gasteiger partial charge is 0.329 e. The average Bonchev–Trinajstić information content (AvgIpc) is 2.52. The van der Waals surface area contributed by atoms with E-state index in [4.69, 9.17) is 0 Å². The monoisotopic (exact) mass is 385 g/mol. The molecule has 1 aliphatic rings. The van der Waals surface area contributed by atoms with Gasteiger partial charge in [-0.2, -0.15) is 13.2 Å². The molecule has 0 radical (unpaired) electrons. The highest BCUT2D eigenvalue weighted by atomic mass is 19.4. The van der Waals surface area contributed by atoms with E-state index >= 15 is 0 Å². The van der Waals surface area contributed by atoms with Gasteiger partial charge in [-0.05, 0) is 18.2 Å². The maximum atomic E-state index is 12.9. The highest BCUT2D eigenvalue weighted by Gasteiger charge is 2.41. The van der Waals surface area contributed by atoms with Crippen LogP contribution >= 0.6 is 0 Å². The van der Waals surface area contributed by atoms with Gasteiger partial charge in [-0.3, -0.25) is 19.9 Å². The summed E-state index contributed by atoms with van der Waals surface area (Å²) in [6.07, 6.45) is -3.51. The third-order valence-corrected chi connectivity index (χ3v) is 3.79. The second-order valence-electron chi connectivity index (χ2n) is 7.06. The number of carbonyl (C=O) groups is 3. The van der Waals surface area contributed by atoms with E-state index in [0.29, 0.717) is 28.5 Å². The van der Waals surface area contributed by atoms with E-state index < -0.39 is 35.5 Å². The highest BCUT2D eigenvalue weighted by molar-refractivity contribution is 6.32. The van der Waals surface area contributed by atoms with Crippen LogP contribution in [0.5, 0.6) is 0 Å². The molecule has 10 heteroatoms. The molecule has 27 heavy (non-hydrogen) atoms. The van der Waals surface area contributed by atoms with Crippen LogP contribution < -0.4 is 10.2 Å². The number of barbiturate groups is 1. The minimum atomic E-state index is -4.63. The van der Waals surface area contributed by atoms with E-state index in [1.165, 1.54) is 6.07 Å². The molecule has 0 saturated carbocycles. The first-order chi connectivity index (χ1) is 12.4. The molecule has 1 aromatic carbocycles. The highest BCUT2D eigenvalue weighted by Crippen LogP contribution is 2.32. The first-order valence-electron chi connectivity index (χ1n) is 8.06. The number of hydrogen-bond acceptors (Lipinski definition) is 4. The predicted molar refractivity (Wildman–Crippen MR) is 92.2 cm³/mol. The van der Waals surface area contributed by atoms with Crippen molar-refractivity contribution in [2.75, 3.05) is 39.1 Å². The normalized spacial score (nSPS) is 19.0. The number of carbonyl (C=O) groups excluding carboxylic acids is 3. The zero-order valence-electron chi connectivity index (χ0n) is 15.1. The summed E-state index contributed by atoms with van der Waals surface area (Å²) < 4.78 is 39.3. The fourth-order valence-corrected chi connectivity index (χ4v) is 2.33. The van der Waals surface area contributed by atoms with E-state index in [1.807, 2.05) is 26.5 Å². The van der Waals surface area contributed by atoms with Gasteiger partial charge in [0.1, 0.15) is 0 Å². The Morgan fingerprint density at radius 2 is 1.89 bits per heavy atom. The second-order valence-corrected chi connectivity index (χ2v) is 7.06. The lowest BCUT2D eigenvalue weighted by Gasteiger charge is -2.29. The molecule has 1 N–H and O–H groups in total. The Balaban J connectivity index is 2.25. The van der Waals surface area contributed by atoms with Crippen molar-refractivity contribution < 1.29 is 32.0 Å². The molecule has 0 spiro atoms. The van der Waals surface area contributed by atoms with Crippen LogP contribution in [0.15, 0.2) is 29.3 Å². The Morgan fingerprint density at radius 3 is 2.48 bits per heavy atom. The molecule has 0 aliphatic carbocycles. The second kappa shape index (κ2) is 7.47. The van der Waals surface area contributed by atoms with Gasteiger partial charge in [-0.25, -0.2) is 9.69 Å².